The fourth-order valence-electron chi connectivity index (χ4n) is 2.10. The van der Waals surface area contributed by atoms with Crippen LogP contribution in [0.25, 0.3) is 0 Å². The van der Waals surface area contributed by atoms with Crippen LogP contribution in [0.3, 0.4) is 0 Å². The maximum atomic E-state index is 13.0. The number of hydrogen-bond acceptors (Lipinski definition) is 3. The van der Waals surface area contributed by atoms with Crippen molar-refractivity contribution in [3.63, 3.8) is 0 Å². The van der Waals surface area contributed by atoms with Crippen LogP contribution in [0.2, 0.25) is 0 Å². The van der Waals surface area contributed by atoms with Crippen LogP contribution in [-0.4, -0.2) is 28.8 Å². The number of halogens is 3. The molecule has 0 spiro atoms. The minimum Gasteiger partial charge on any atom is -0.481 e. The summed E-state index contributed by atoms with van der Waals surface area (Å²) in [5.41, 5.74) is -1.75. The van der Waals surface area contributed by atoms with Crippen LogP contribution in [0.5, 0.6) is 0 Å². The number of carbonyl (C=O) groups excluding carboxylic acids is 1. The molecule has 0 saturated heterocycles. The van der Waals surface area contributed by atoms with Gasteiger partial charge < -0.3 is 15.2 Å². The van der Waals surface area contributed by atoms with E-state index in [0.29, 0.717) is 0 Å². The van der Waals surface area contributed by atoms with Crippen molar-refractivity contribution in [2.24, 2.45) is 0 Å². The van der Waals surface area contributed by atoms with Gasteiger partial charge in [0.15, 0.2) is 0 Å². The van der Waals surface area contributed by atoms with Crippen molar-refractivity contribution in [1.82, 2.24) is 5.32 Å². The van der Waals surface area contributed by atoms with Crippen LogP contribution in [0.1, 0.15) is 38.3 Å². The Labute approximate surface area is 137 Å². The van der Waals surface area contributed by atoms with E-state index in [0.717, 1.165) is 6.07 Å². The average Bonchev–Trinajstić information content (AvgIpc) is 2.34. The predicted octanol–water partition coefficient (Wildman–Crippen LogP) is 3.62. The molecule has 1 rings (SSSR count). The lowest BCUT2D eigenvalue weighted by Crippen LogP contribution is -2.41. The number of benzene rings is 1. The number of carboxylic acids is 1. The topological polar surface area (TPSA) is 75.6 Å². The van der Waals surface area contributed by atoms with Gasteiger partial charge in [0, 0.05) is 6.04 Å². The highest BCUT2D eigenvalue weighted by Crippen LogP contribution is 2.32. The molecule has 0 bridgehead atoms. The Morgan fingerprint density at radius 1 is 1.21 bits per heavy atom. The molecule has 24 heavy (non-hydrogen) atoms. The van der Waals surface area contributed by atoms with Crippen molar-refractivity contribution in [1.29, 1.82) is 0 Å². The lowest BCUT2D eigenvalue weighted by Gasteiger charge is -2.23. The summed E-state index contributed by atoms with van der Waals surface area (Å²) in [7, 11) is 0. The highest BCUT2D eigenvalue weighted by molar-refractivity contribution is 5.71. The molecular formula is C16H20F3NO4. The first-order valence-electron chi connectivity index (χ1n) is 7.25. The van der Waals surface area contributed by atoms with Crippen LogP contribution >= 0.6 is 0 Å². The molecule has 2 N–H and O–H groups in total. The highest BCUT2D eigenvalue weighted by Gasteiger charge is 2.34. The molecule has 0 aliphatic heterocycles. The Kier molecular flexibility index (Phi) is 6.22. The van der Waals surface area contributed by atoms with Gasteiger partial charge in [-0.1, -0.05) is 18.2 Å². The van der Waals surface area contributed by atoms with Gasteiger partial charge in [-0.05, 0) is 38.8 Å². The van der Waals surface area contributed by atoms with E-state index in [2.05, 4.69) is 5.32 Å². The van der Waals surface area contributed by atoms with Gasteiger partial charge in [0.05, 0.1) is 12.0 Å². The van der Waals surface area contributed by atoms with Crippen molar-refractivity contribution >= 4 is 12.1 Å². The lowest BCUT2D eigenvalue weighted by atomic mass is 9.98. The summed E-state index contributed by atoms with van der Waals surface area (Å²) in [6.45, 7) is 4.87. The maximum Gasteiger partial charge on any atom is 0.416 e. The first kappa shape index (κ1) is 19.8. The Balaban J connectivity index is 2.95. The van der Waals surface area contributed by atoms with Crippen LogP contribution in [0, 0.1) is 0 Å². The molecule has 0 saturated carbocycles. The van der Waals surface area contributed by atoms with E-state index in [1.165, 1.54) is 18.2 Å². The average molecular weight is 347 g/mol. The van der Waals surface area contributed by atoms with Crippen molar-refractivity contribution < 1.29 is 32.6 Å². The SMILES string of the molecule is CC(C)(C)OC(=O)NC(CC(=O)O)Cc1ccccc1C(F)(F)F. The summed E-state index contributed by atoms with van der Waals surface area (Å²) in [6.07, 6.45) is -6.23. The molecule has 1 atom stereocenters. The molecule has 1 unspecified atom stereocenters. The number of amides is 1. The Morgan fingerprint density at radius 2 is 1.79 bits per heavy atom. The number of carbonyl (C=O) groups is 2. The van der Waals surface area contributed by atoms with E-state index in [1.54, 1.807) is 20.8 Å². The molecule has 0 radical (unpaired) electrons. The summed E-state index contributed by atoms with van der Waals surface area (Å²) >= 11 is 0. The number of ether oxygens (including phenoxy) is 1. The number of alkyl halides is 3. The van der Waals surface area contributed by atoms with Crippen molar-refractivity contribution in [3.05, 3.63) is 35.4 Å². The highest BCUT2D eigenvalue weighted by atomic mass is 19.4. The summed E-state index contributed by atoms with van der Waals surface area (Å²) in [5.74, 6) is -1.24. The van der Waals surface area contributed by atoms with Gasteiger partial charge in [-0.3, -0.25) is 4.79 Å². The molecule has 0 heterocycles. The molecule has 1 aromatic rings. The molecule has 0 fully saturated rings. The monoisotopic (exact) mass is 347 g/mol. The normalized spacial score (nSPS) is 13.2. The zero-order valence-corrected chi connectivity index (χ0v) is 13.6. The molecule has 8 heteroatoms. The summed E-state index contributed by atoms with van der Waals surface area (Å²) < 4.78 is 44.1. The Bertz CT molecular complexity index is 594. The largest absolute Gasteiger partial charge is 0.481 e. The smallest absolute Gasteiger partial charge is 0.416 e. The van der Waals surface area contributed by atoms with Gasteiger partial charge in [0.25, 0.3) is 0 Å². The van der Waals surface area contributed by atoms with E-state index in [9.17, 15) is 22.8 Å². The zero-order valence-electron chi connectivity index (χ0n) is 13.6. The predicted molar refractivity (Wildman–Crippen MR) is 80.6 cm³/mol. The number of carboxylic acid groups (broad SMARTS) is 1. The number of rotatable bonds is 5. The number of alkyl carbamates (subject to hydrolysis) is 1. The van der Waals surface area contributed by atoms with Crippen LogP contribution in [0.15, 0.2) is 24.3 Å². The van der Waals surface area contributed by atoms with Crippen molar-refractivity contribution in [3.8, 4) is 0 Å². The van der Waals surface area contributed by atoms with Gasteiger partial charge in [0.1, 0.15) is 5.60 Å². The second-order valence-electron chi connectivity index (χ2n) is 6.30. The second-order valence-corrected chi connectivity index (χ2v) is 6.30. The zero-order chi connectivity index (χ0) is 18.5. The van der Waals surface area contributed by atoms with Crippen molar-refractivity contribution in [2.75, 3.05) is 0 Å². The first-order valence-corrected chi connectivity index (χ1v) is 7.25. The standard InChI is InChI=1S/C16H20F3NO4/c1-15(2,3)24-14(23)20-11(9-13(21)22)8-10-6-4-5-7-12(10)16(17,18)19/h4-7,11H,8-9H2,1-3H3,(H,20,23)(H,21,22). The van der Waals surface area contributed by atoms with E-state index < -0.39 is 41.9 Å². The molecule has 0 aliphatic rings. The van der Waals surface area contributed by atoms with Gasteiger partial charge in [-0.15, -0.1) is 0 Å². The Morgan fingerprint density at radius 3 is 2.29 bits per heavy atom. The van der Waals surface area contributed by atoms with Crippen LogP contribution < -0.4 is 5.32 Å². The molecule has 1 amide bonds. The number of hydrogen-bond donors (Lipinski definition) is 2. The van der Waals surface area contributed by atoms with Crippen LogP contribution in [-0.2, 0) is 22.1 Å². The van der Waals surface area contributed by atoms with E-state index in [-0.39, 0.29) is 12.0 Å². The number of aliphatic carboxylic acids is 1. The second kappa shape index (κ2) is 7.55. The molecule has 1 aromatic carbocycles. The summed E-state index contributed by atoms with van der Waals surface area (Å²) in [6, 6.07) is 3.82. The molecule has 0 aliphatic carbocycles. The van der Waals surface area contributed by atoms with E-state index in [1.807, 2.05) is 0 Å². The number of nitrogens with one attached hydrogen (secondary N) is 1. The molecule has 0 aromatic heterocycles. The maximum absolute atomic E-state index is 13.0. The molecule has 5 nitrogen and oxygen atoms in total. The van der Waals surface area contributed by atoms with Crippen molar-refractivity contribution in [2.45, 2.75) is 51.4 Å². The van der Waals surface area contributed by atoms with Gasteiger partial charge in [-0.25, -0.2) is 4.79 Å². The fraction of sp³-hybridized carbons (Fsp3) is 0.500. The van der Waals surface area contributed by atoms with Gasteiger partial charge >= 0.3 is 18.2 Å². The van der Waals surface area contributed by atoms with E-state index >= 15 is 0 Å². The molecule has 134 valence electrons. The Hall–Kier alpha value is -2.25. The van der Waals surface area contributed by atoms with Crippen LogP contribution in [0.4, 0.5) is 18.0 Å². The quantitative estimate of drug-likeness (QED) is 0.853. The third-order valence-corrected chi connectivity index (χ3v) is 2.93. The third kappa shape index (κ3) is 6.89. The minimum atomic E-state index is -4.56. The fourth-order valence-corrected chi connectivity index (χ4v) is 2.10. The van der Waals surface area contributed by atoms with Gasteiger partial charge in [0.2, 0.25) is 0 Å². The summed E-state index contributed by atoms with van der Waals surface area (Å²) in [5, 5.41) is 11.2. The third-order valence-electron chi connectivity index (χ3n) is 2.93. The summed E-state index contributed by atoms with van der Waals surface area (Å²) in [4.78, 5) is 22.7. The minimum absolute atomic E-state index is 0.0905. The van der Waals surface area contributed by atoms with Gasteiger partial charge in [-0.2, -0.15) is 13.2 Å². The van der Waals surface area contributed by atoms with E-state index in [4.69, 9.17) is 9.84 Å². The first-order chi connectivity index (χ1) is 10.9. The molecular weight excluding hydrogens is 327 g/mol. The lowest BCUT2D eigenvalue weighted by molar-refractivity contribution is -0.138.